The van der Waals surface area contributed by atoms with E-state index in [0.29, 0.717) is 11.3 Å². The molecule has 1 aliphatic rings. The summed E-state index contributed by atoms with van der Waals surface area (Å²) in [6.07, 6.45) is 1.48. The van der Waals surface area contributed by atoms with Crippen LogP contribution >= 0.6 is 0 Å². The van der Waals surface area contributed by atoms with Gasteiger partial charge in [0.05, 0.1) is 17.5 Å². The fourth-order valence-electron chi connectivity index (χ4n) is 1.61. The topological polar surface area (TPSA) is 72.2 Å². The maximum Gasteiger partial charge on any atom is 0.235 e. The van der Waals surface area contributed by atoms with Gasteiger partial charge in [0.1, 0.15) is 0 Å². The van der Waals surface area contributed by atoms with Crippen LogP contribution in [0.3, 0.4) is 0 Å². The third-order valence-corrected chi connectivity index (χ3v) is 4.57. The standard InChI is InChI=1S/C13H16N2O2S/c1-10-4-7-13(11(9-10)3-2-8-14)15-18(16,17)12-5-6-12/h4,7,9,12,15H,5-6,8,14H2,1H3. The minimum atomic E-state index is -3.25. The number of anilines is 1. The monoisotopic (exact) mass is 264 g/mol. The summed E-state index contributed by atoms with van der Waals surface area (Å²) in [5.41, 5.74) is 7.58. The first-order valence-electron chi connectivity index (χ1n) is 5.84. The highest BCUT2D eigenvalue weighted by molar-refractivity contribution is 7.93. The molecule has 18 heavy (non-hydrogen) atoms. The van der Waals surface area contributed by atoms with Crippen molar-refractivity contribution in [3.8, 4) is 11.8 Å². The van der Waals surface area contributed by atoms with Gasteiger partial charge >= 0.3 is 0 Å². The van der Waals surface area contributed by atoms with Crippen LogP contribution < -0.4 is 10.5 Å². The largest absolute Gasteiger partial charge is 0.320 e. The molecule has 1 saturated carbocycles. The number of hydrogen-bond donors (Lipinski definition) is 2. The first-order valence-corrected chi connectivity index (χ1v) is 7.39. The van der Waals surface area contributed by atoms with E-state index in [1.807, 2.05) is 19.1 Å². The van der Waals surface area contributed by atoms with Crippen molar-refractivity contribution in [3.05, 3.63) is 29.3 Å². The molecule has 0 atom stereocenters. The minimum absolute atomic E-state index is 0.242. The molecule has 4 nitrogen and oxygen atoms in total. The van der Waals surface area contributed by atoms with E-state index in [2.05, 4.69) is 16.6 Å². The van der Waals surface area contributed by atoms with E-state index in [-0.39, 0.29) is 11.8 Å². The van der Waals surface area contributed by atoms with Crippen LogP contribution in [-0.2, 0) is 10.0 Å². The SMILES string of the molecule is Cc1ccc(NS(=O)(=O)C2CC2)c(C#CCN)c1. The first-order chi connectivity index (χ1) is 8.53. The number of benzene rings is 1. The summed E-state index contributed by atoms with van der Waals surface area (Å²) < 4.78 is 26.4. The van der Waals surface area contributed by atoms with Gasteiger partial charge in [-0.1, -0.05) is 17.9 Å². The predicted octanol–water partition coefficient (Wildman–Crippen LogP) is 1.21. The fourth-order valence-corrected chi connectivity index (χ4v) is 3.02. The van der Waals surface area contributed by atoms with Gasteiger partial charge in [-0.05, 0) is 37.5 Å². The molecule has 0 amide bonds. The molecular formula is C13H16N2O2S. The molecule has 2 rings (SSSR count). The third-order valence-electron chi connectivity index (χ3n) is 2.72. The van der Waals surface area contributed by atoms with Gasteiger partial charge in [0, 0.05) is 5.56 Å². The summed E-state index contributed by atoms with van der Waals surface area (Å²) in [6, 6.07) is 5.46. The Morgan fingerprint density at radius 2 is 2.17 bits per heavy atom. The Kier molecular flexibility index (Phi) is 3.60. The van der Waals surface area contributed by atoms with E-state index < -0.39 is 10.0 Å². The lowest BCUT2D eigenvalue weighted by atomic mass is 10.1. The number of sulfonamides is 1. The van der Waals surface area contributed by atoms with E-state index in [0.717, 1.165) is 18.4 Å². The Balaban J connectivity index is 2.32. The van der Waals surface area contributed by atoms with Crippen LogP contribution in [0.1, 0.15) is 24.0 Å². The Morgan fingerprint density at radius 3 is 2.78 bits per heavy atom. The number of aryl methyl sites for hydroxylation is 1. The highest BCUT2D eigenvalue weighted by Crippen LogP contribution is 2.30. The van der Waals surface area contributed by atoms with Crippen LogP contribution in [0.4, 0.5) is 5.69 Å². The molecule has 5 heteroatoms. The van der Waals surface area contributed by atoms with Gasteiger partial charge < -0.3 is 5.73 Å². The van der Waals surface area contributed by atoms with E-state index >= 15 is 0 Å². The molecule has 96 valence electrons. The molecule has 1 aromatic carbocycles. The lowest BCUT2D eigenvalue weighted by Crippen LogP contribution is -2.18. The quantitative estimate of drug-likeness (QED) is 0.806. The van der Waals surface area contributed by atoms with Gasteiger partial charge in [0.25, 0.3) is 0 Å². The van der Waals surface area contributed by atoms with Gasteiger partial charge in [0.2, 0.25) is 10.0 Å². The molecule has 1 aliphatic carbocycles. The van der Waals surface area contributed by atoms with Gasteiger partial charge in [-0.2, -0.15) is 0 Å². The maximum absolute atomic E-state index is 11.9. The van der Waals surface area contributed by atoms with Crippen LogP contribution in [0, 0.1) is 18.8 Å². The number of rotatable bonds is 3. The second-order valence-electron chi connectivity index (χ2n) is 4.40. The van der Waals surface area contributed by atoms with Crippen molar-refractivity contribution in [3.63, 3.8) is 0 Å². The molecular weight excluding hydrogens is 248 g/mol. The summed E-state index contributed by atoms with van der Waals surface area (Å²) in [5.74, 6) is 5.64. The Morgan fingerprint density at radius 1 is 1.44 bits per heavy atom. The Bertz CT molecular complexity index is 608. The number of nitrogens with two attached hydrogens (primary N) is 1. The van der Waals surface area contributed by atoms with Crippen LogP contribution in [-0.4, -0.2) is 20.2 Å². The normalized spacial score (nSPS) is 14.8. The summed E-state index contributed by atoms with van der Waals surface area (Å²) in [5, 5.41) is -0.242. The zero-order chi connectivity index (χ0) is 13.2. The van der Waals surface area contributed by atoms with Crippen molar-refractivity contribution in [1.29, 1.82) is 0 Å². The zero-order valence-corrected chi connectivity index (χ0v) is 11.0. The van der Waals surface area contributed by atoms with Crippen LogP contribution in [0.25, 0.3) is 0 Å². The Hall–Kier alpha value is -1.51. The second-order valence-corrected chi connectivity index (χ2v) is 6.36. The molecule has 1 aromatic rings. The molecule has 1 fully saturated rings. The number of nitrogens with one attached hydrogen (secondary N) is 1. The highest BCUT2D eigenvalue weighted by atomic mass is 32.2. The van der Waals surface area contributed by atoms with E-state index in [9.17, 15) is 8.42 Å². The fraction of sp³-hybridized carbons (Fsp3) is 0.385. The summed E-state index contributed by atoms with van der Waals surface area (Å²) in [6.45, 7) is 2.19. The van der Waals surface area contributed by atoms with Gasteiger partial charge in [-0.3, -0.25) is 4.72 Å². The molecule has 3 N–H and O–H groups in total. The van der Waals surface area contributed by atoms with Crippen molar-refractivity contribution in [2.45, 2.75) is 25.0 Å². The smallest absolute Gasteiger partial charge is 0.235 e. The van der Waals surface area contributed by atoms with Gasteiger partial charge in [0.15, 0.2) is 0 Å². The summed E-state index contributed by atoms with van der Waals surface area (Å²) in [4.78, 5) is 0. The van der Waals surface area contributed by atoms with Crippen LogP contribution in [0.2, 0.25) is 0 Å². The molecule has 0 saturated heterocycles. The minimum Gasteiger partial charge on any atom is -0.320 e. The molecule has 0 aliphatic heterocycles. The van der Waals surface area contributed by atoms with Crippen molar-refractivity contribution in [1.82, 2.24) is 0 Å². The van der Waals surface area contributed by atoms with Gasteiger partial charge in [-0.15, -0.1) is 0 Å². The average molecular weight is 264 g/mol. The van der Waals surface area contributed by atoms with Crippen molar-refractivity contribution < 1.29 is 8.42 Å². The average Bonchev–Trinajstić information content (AvgIpc) is 3.13. The predicted molar refractivity (Wildman–Crippen MR) is 72.7 cm³/mol. The van der Waals surface area contributed by atoms with E-state index in [1.165, 1.54) is 0 Å². The van der Waals surface area contributed by atoms with E-state index in [1.54, 1.807) is 6.07 Å². The molecule has 0 unspecified atom stereocenters. The highest BCUT2D eigenvalue weighted by Gasteiger charge is 2.35. The zero-order valence-electron chi connectivity index (χ0n) is 10.2. The first kappa shape index (κ1) is 12.9. The summed E-state index contributed by atoms with van der Waals surface area (Å²) in [7, 11) is -3.25. The lowest BCUT2D eigenvalue weighted by molar-refractivity contribution is 0.600. The molecule has 0 heterocycles. The number of hydrogen-bond acceptors (Lipinski definition) is 3. The van der Waals surface area contributed by atoms with Gasteiger partial charge in [-0.25, -0.2) is 8.42 Å². The molecule has 0 aromatic heterocycles. The second kappa shape index (κ2) is 5.01. The molecule has 0 bridgehead atoms. The van der Waals surface area contributed by atoms with Crippen molar-refractivity contribution in [2.75, 3.05) is 11.3 Å². The maximum atomic E-state index is 11.9. The molecule has 0 radical (unpaired) electrons. The lowest BCUT2D eigenvalue weighted by Gasteiger charge is -2.09. The van der Waals surface area contributed by atoms with Crippen molar-refractivity contribution in [2.24, 2.45) is 5.73 Å². The van der Waals surface area contributed by atoms with Crippen molar-refractivity contribution >= 4 is 15.7 Å². The summed E-state index contributed by atoms with van der Waals surface area (Å²) >= 11 is 0. The third kappa shape index (κ3) is 3.03. The Labute approximate surface area is 108 Å². The van der Waals surface area contributed by atoms with Crippen LogP contribution in [0.5, 0.6) is 0 Å². The van der Waals surface area contributed by atoms with Crippen LogP contribution in [0.15, 0.2) is 18.2 Å². The molecule has 0 spiro atoms. The van der Waals surface area contributed by atoms with E-state index in [4.69, 9.17) is 5.73 Å².